The molecule has 0 aliphatic carbocycles. The molecule has 16 heavy (non-hydrogen) atoms. The first kappa shape index (κ1) is 12.7. The van der Waals surface area contributed by atoms with E-state index in [-0.39, 0.29) is 5.97 Å². The Morgan fingerprint density at radius 3 is 2.81 bits per heavy atom. The van der Waals surface area contributed by atoms with Gasteiger partial charge in [0, 0.05) is 18.7 Å². The summed E-state index contributed by atoms with van der Waals surface area (Å²) in [5.41, 5.74) is 2.11. The largest absolute Gasteiger partial charge is 0.466 e. The van der Waals surface area contributed by atoms with Gasteiger partial charge in [0.25, 0.3) is 0 Å². The topological polar surface area (TPSA) is 44.1 Å². The minimum atomic E-state index is -0.114. The Bertz CT molecular complexity index is 345. The van der Waals surface area contributed by atoms with Gasteiger partial charge in [-0.1, -0.05) is 6.92 Å². The van der Waals surface area contributed by atoms with Gasteiger partial charge in [0.15, 0.2) is 6.33 Å². The molecule has 1 aromatic heterocycles. The van der Waals surface area contributed by atoms with Gasteiger partial charge in [-0.3, -0.25) is 4.79 Å². The summed E-state index contributed by atoms with van der Waals surface area (Å²) < 4.78 is 6.94. The van der Waals surface area contributed by atoms with Gasteiger partial charge in [0.05, 0.1) is 12.3 Å². The van der Waals surface area contributed by atoms with Gasteiger partial charge in [-0.15, -0.1) is 0 Å². The average molecular weight is 223 g/mol. The first-order valence-electron chi connectivity index (χ1n) is 5.72. The summed E-state index contributed by atoms with van der Waals surface area (Å²) in [6, 6.07) is 0. The Morgan fingerprint density at radius 2 is 2.25 bits per heavy atom. The van der Waals surface area contributed by atoms with E-state index in [9.17, 15) is 4.79 Å². The zero-order valence-electron chi connectivity index (χ0n) is 10.2. The summed E-state index contributed by atoms with van der Waals surface area (Å²) in [5.74, 6) is -0.114. The number of carbonyl (C=O) groups is 1. The molecule has 1 rings (SSSR count). The van der Waals surface area contributed by atoms with E-state index in [0.717, 1.165) is 30.8 Å². The summed E-state index contributed by atoms with van der Waals surface area (Å²) >= 11 is 0. The lowest BCUT2D eigenvalue weighted by molar-refractivity contribution is -0.143. The van der Waals surface area contributed by atoms with Crippen LogP contribution in [0, 0.1) is 20.2 Å². The number of imidazole rings is 1. The van der Waals surface area contributed by atoms with Crippen molar-refractivity contribution in [3.63, 3.8) is 0 Å². The highest BCUT2D eigenvalue weighted by molar-refractivity contribution is 5.69. The van der Waals surface area contributed by atoms with Crippen LogP contribution < -0.4 is 0 Å². The van der Waals surface area contributed by atoms with Crippen LogP contribution in [0.1, 0.15) is 37.6 Å². The van der Waals surface area contributed by atoms with Crippen LogP contribution >= 0.6 is 0 Å². The molecule has 4 nitrogen and oxygen atoms in total. The van der Waals surface area contributed by atoms with E-state index in [1.54, 1.807) is 0 Å². The fraction of sp³-hybridized carbons (Fsp3) is 0.667. The molecule has 0 aliphatic heterocycles. The first-order valence-corrected chi connectivity index (χ1v) is 5.72. The SMILES string of the molecule is CCCOC(=O)CCCn1[c]nc(C)c1C. The third-order valence-corrected chi connectivity index (χ3v) is 2.50. The van der Waals surface area contributed by atoms with E-state index in [4.69, 9.17) is 4.74 Å². The van der Waals surface area contributed by atoms with Crippen molar-refractivity contribution >= 4 is 5.97 Å². The maximum Gasteiger partial charge on any atom is 0.305 e. The van der Waals surface area contributed by atoms with Gasteiger partial charge in [-0.2, -0.15) is 0 Å². The normalized spacial score (nSPS) is 10.4. The van der Waals surface area contributed by atoms with E-state index in [1.165, 1.54) is 0 Å². The minimum Gasteiger partial charge on any atom is -0.466 e. The minimum absolute atomic E-state index is 0.114. The maximum atomic E-state index is 11.2. The van der Waals surface area contributed by atoms with Crippen LogP contribution in [0.4, 0.5) is 0 Å². The van der Waals surface area contributed by atoms with Crippen LogP contribution in [0.25, 0.3) is 0 Å². The summed E-state index contributed by atoms with van der Waals surface area (Å²) in [6.45, 7) is 7.24. The molecule has 89 valence electrons. The van der Waals surface area contributed by atoms with Gasteiger partial charge >= 0.3 is 5.97 Å². The van der Waals surface area contributed by atoms with Gasteiger partial charge in [-0.25, -0.2) is 4.98 Å². The number of esters is 1. The van der Waals surface area contributed by atoms with Crippen molar-refractivity contribution in [1.29, 1.82) is 0 Å². The van der Waals surface area contributed by atoms with Crippen molar-refractivity contribution in [2.24, 2.45) is 0 Å². The van der Waals surface area contributed by atoms with E-state index < -0.39 is 0 Å². The van der Waals surface area contributed by atoms with Gasteiger partial charge in [0.2, 0.25) is 0 Å². The molecule has 1 radical (unpaired) electrons. The second-order valence-electron chi connectivity index (χ2n) is 3.86. The second-order valence-corrected chi connectivity index (χ2v) is 3.86. The van der Waals surface area contributed by atoms with Crippen LogP contribution in [-0.4, -0.2) is 22.1 Å². The number of hydrogen-bond acceptors (Lipinski definition) is 3. The molecule has 0 spiro atoms. The standard InChI is InChI=1S/C12H19N2O2/c1-4-8-16-12(15)6-5-7-14-9-13-10(2)11(14)3/h4-8H2,1-3H3. The summed E-state index contributed by atoms with van der Waals surface area (Å²) in [5, 5.41) is 0. The zero-order chi connectivity index (χ0) is 12.0. The van der Waals surface area contributed by atoms with E-state index in [2.05, 4.69) is 11.3 Å². The average Bonchev–Trinajstić information content (AvgIpc) is 2.58. The number of aryl methyl sites for hydroxylation is 2. The van der Waals surface area contributed by atoms with Crippen molar-refractivity contribution in [3.05, 3.63) is 17.7 Å². The summed E-state index contributed by atoms with van der Waals surface area (Å²) in [4.78, 5) is 15.3. The molecule has 0 saturated heterocycles. The molecule has 4 heteroatoms. The van der Waals surface area contributed by atoms with E-state index in [0.29, 0.717) is 13.0 Å². The third-order valence-electron chi connectivity index (χ3n) is 2.50. The predicted octanol–water partition coefficient (Wildman–Crippen LogP) is 2.03. The maximum absolute atomic E-state index is 11.2. The Kier molecular flexibility index (Phi) is 5.02. The Labute approximate surface area is 96.6 Å². The highest BCUT2D eigenvalue weighted by Gasteiger charge is 2.05. The van der Waals surface area contributed by atoms with Gasteiger partial charge < -0.3 is 9.30 Å². The number of carbonyl (C=O) groups excluding carboxylic acids is 1. The Hall–Kier alpha value is -1.32. The fourth-order valence-corrected chi connectivity index (χ4v) is 1.37. The number of rotatable bonds is 6. The van der Waals surface area contributed by atoms with Crippen LogP contribution in [0.3, 0.4) is 0 Å². The lowest BCUT2D eigenvalue weighted by Crippen LogP contribution is -2.07. The lowest BCUT2D eigenvalue weighted by atomic mass is 10.3. The van der Waals surface area contributed by atoms with Crippen LogP contribution in [-0.2, 0) is 16.1 Å². The monoisotopic (exact) mass is 223 g/mol. The molecule has 0 saturated carbocycles. The molecule has 1 heterocycles. The zero-order valence-corrected chi connectivity index (χ0v) is 10.2. The highest BCUT2D eigenvalue weighted by atomic mass is 16.5. The number of hydrogen-bond donors (Lipinski definition) is 0. The second kappa shape index (κ2) is 6.30. The quantitative estimate of drug-likeness (QED) is 0.693. The smallest absolute Gasteiger partial charge is 0.305 e. The molecule has 0 amide bonds. The molecule has 0 atom stereocenters. The molecule has 0 aliphatic rings. The number of nitrogens with zero attached hydrogens (tertiary/aromatic N) is 2. The van der Waals surface area contributed by atoms with E-state index in [1.807, 2.05) is 25.3 Å². The molecule has 0 fully saturated rings. The van der Waals surface area contributed by atoms with Crippen molar-refractivity contribution in [1.82, 2.24) is 9.55 Å². The summed E-state index contributed by atoms with van der Waals surface area (Å²) in [6.07, 6.45) is 5.02. The van der Waals surface area contributed by atoms with Crippen LogP contribution in [0.15, 0.2) is 0 Å². The molecule has 0 unspecified atom stereocenters. The fourth-order valence-electron chi connectivity index (χ4n) is 1.37. The van der Waals surface area contributed by atoms with Gasteiger partial charge in [-0.05, 0) is 26.7 Å². The Morgan fingerprint density at radius 1 is 1.50 bits per heavy atom. The van der Waals surface area contributed by atoms with Crippen LogP contribution in [0.2, 0.25) is 0 Å². The van der Waals surface area contributed by atoms with Gasteiger partial charge in [0.1, 0.15) is 0 Å². The van der Waals surface area contributed by atoms with E-state index >= 15 is 0 Å². The molecular formula is C12H19N2O2. The molecular weight excluding hydrogens is 204 g/mol. The number of aromatic nitrogens is 2. The predicted molar refractivity (Wildman–Crippen MR) is 61.0 cm³/mol. The molecule has 0 N–H and O–H groups in total. The van der Waals surface area contributed by atoms with Crippen LogP contribution in [0.5, 0.6) is 0 Å². The van der Waals surface area contributed by atoms with Crippen molar-refractivity contribution in [2.75, 3.05) is 6.61 Å². The summed E-state index contributed by atoms with van der Waals surface area (Å²) in [7, 11) is 0. The first-order chi connectivity index (χ1) is 7.65. The highest BCUT2D eigenvalue weighted by Crippen LogP contribution is 2.05. The third kappa shape index (κ3) is 3.68. The van der Waals surface area contributed by atoms with Crippen molar-refractivity contribution < 1.29 is 9.53 Å². The number of ether oxygens (including phenoxy) is 1. The lowest BCUT2D eigenvalue weighted by Gasteiger charge is -2.05. The Balaban J connectivity index is 2.25. The molecule has 0 bridgehead atoms. The van der Waals surface area contributed by atoms with Crippen molar-refractivity contribution in [3.8, 4) is 0 Å². The molecule has 1 aromatic rings. The molecule has 0 aromatic carbocycles. The van der Waals surface area contributed by atoms with Crippen molar-refractivity contribution in [2.45, 2.75) is 46.6 Å².